The Kier molecular flexibility index (Phi) is 4.10. The fourth-order valence-electron chi connectivity index (χ4n) is 2.85. The highest BCUT2D eigenvalue weighted by Crippen LogP contribution is 2.38. The lowest BCUT2D eigenvalue weighted by Crippen LogP contribution is -2.35. The van der Waals surface area contributed by atoms with Gasteiger partial charge in [-0.2, -0.15) is 5.10 Å². The summed E-state index contributed by atoms with van der Waals surface area (Å²) in [7, 11) is 0. The van der Waals surface area contributed by atoms with Crippen molar-refractivity contribution in [3.05, 3.63) is 16.9 Å². The van der Waals surface area contributed by atoms with E-state index in [1.165, 1.54) is 6.42 Å². The van der Waals surface area contributed by atoms with E-state index < -0.39 is 0 Å². The normalized spacial score (nSPS) is 29.5. The SMILES string of the molecule is CCCn1ncc(Cl)c1C1CC(C)CCC1N. The summed E-state index contributed by atoms with van der Waals surface area (Å²) < 4.78 is 2.05. The molecule has 0 amide bonds. The Balaban J connectivity index is 2.27. The van der Waals surface area contributed by atoms with E-state index in [1.807, 2.05) is 4.68 Å². The second-order valence-corrected chi connectivity index (χ2v) is 5.70. The van der Waals surface area contributed by atoms with Crippen LogP contribution in [-0.4, -0.2) is 15.8 Å². The van der Waals surface area contributed by atoms with Crippen molar-refractivity contribution in [2.24, 2.45) is 11.7 Å². The summed E-state index contributed by atoms with van der Waals surface area (Å²) in [5.41, 5.74) is 7.43. The first kappa shape index (κ1) is 12.9. The van der Waals surface area contributed by atoms with Crippen molar-refractivity contribution in [1.29, 1.82) is 0 Å². The zero-order chi connectivity index (χ0) is 12.4. The van der Waals surface area contributed by atoms with Crippen LogP contribution in [0.3, 0.4) is 0 Å². The van der Waals surface area contributed by atoms with Gasteiger partial charge < -0.3 is 5.73 Å². The number of aromatic nitrogens is 2. The molecule has 1 aromatic rings. The van der Waals surface area contributed by atoms with Gasteiger partial charge in [0.15, 0.2) is 0 Å². The van der Waals surface area contributed by atoms with Crippen LogP contribution in [0.15, 0.2) is 6.20 Å². The number of hydrogen-bond acceptors (Lipinski definition) is 2. The summed E-state index contributed by atoms with van der Waals surface area (Å²) in [5.74, 6) is 1.11. The van der Waals surface area contributed by atoms with E-state index in [1.54, 1.807) is 6.20 Å². The summed E-state index contributed by atoms with van der Waals surface area (Å²) in [6.45, 7) is 5.38. The van der Waals surface area contributed by atoms with Crippen LogP contribution in [0.25, 0.3) is 0 Å². The maximum Gasteiger partial charge on any atom is 0.0821 e. The van der Waals surface area contributed by atoms with Crippen LogP contribution in [0.1, 0.15) is 51.1 Å². The number of halogens is 1. The summed E-state index contributed by atoms with van der Waals surface area (Å²) in [5, 5.41) is 5.15. The highest BCUT2D eigenvalue weighted by atomic mass is 35.5. The van der Waals surface area contributed by atoms with Gasteiger partial charge in [0.05, 0.1) is 16.9 Å². The van der Waals surface area contributed by atoms with Crippen molar-refractivity contribution in [3.63, 3.8) is 0 Å². The molecule has 0 aliphatic heterocycles. The quantitative estimate of drug-likeness (QED) is 0.902. The van der Waals surface area contributed by atoms with Gasteiger partial charge in [0.1, 0.15) is 0 Å². The van der Waals surface area contributed by atoms with Crippen LogP contribution in [0.5, 0.6) is 0 Å². The maximum atomic E-state index is 6.29. The molecule has 1 aromatic heterocycles. The average molecular weight is 256 g/mol. The summed E-state index contributed by atoms with van der Waals surface area (Å²) in [6.07, 6.45) is 6.30. The van der Waals surface area contributed by atoms with Crippen LogP contribution in [0, 0.1) is 5.92 Å². The molecule has 1 aliphatic rings. The van der Waals surface area contributed by atoms with Crippen LogP contribution >= 0.6 is 11.6 Å². The van der Waals surface area contributed by atoms with Gasteiger partial charge in [-0.15, -0.1) is 0 Å². The second kappa shape index (κ2) is 5.40. The molecule has 0 saturated heterocycles. The van der Waals surface area contributed by atoms with Crippen molar-refractivity contribution in [1.82, 2.24) is 9.78 Å². The second-order valence-electron chi connectivity index (χ2n) is 5.29. The highest BCUT2D eigenvalue weighted by Gasteiger charge is 2.31. The van der Waals surface area contributed by atoms with Gasteiger partial charge in [-0.1, -0.05) is 25.4 Å². The van der Waals surface area contributed by atoms with E-state index >= 15 is 0 Å². The molecule has 1 fully saturated rings. The molecular weight excluding hydrogens is 234 g/mol. The predicted molar refractivity (Wildman–Crippen MR) is 71.3 cm³/mol. The van der Waals surface area contributed by atoms with E-state index in [0.29, 0.717) is 5.92 Å². The minimum absolute atomic E-state index is 0.232. The minimum atomic E-state index is 0.232. The fraction of sp³-hybridized carbons (Fsp3) is 0.769. The molecule has 4 heteroatoms. The Morgan fingerprint density at radius 3 is 3.00 bits per heavy atom. The molecule has 2 rings (SSSR count). The van der Waals surface area contributed by atoms with Crippen molar-refractivity contribution in [2.75, 3.05) is 0 Å². The highest BCUT2D eigenvalue weighted by molar-refractivity contribution is 6.31. The van der Waals surface area contributed by atoms with E-state index in [4.69, 9.17) is 17.3 Å². The molecular formula is C13H22ClN3. The molecule has 17 heavy (non-hydrogen) atoms. The standard InChI is InChI=1S/C13H22ClN3/c1-3-6-17-13(11(14)8-16-17)10-7-9(2)4-5-12(10)15/h8-10,12H,3-7,15H2,1-2H3. The largest absolute Gasteiger partial charge is 0.327 e. The average Bonchev–Trinajstić information content (AvgIpc) is 2.64. The van der Waals surface area contributed by atoms with Crippen molar-refractivity contribution >= 4 is 11.6 Å². The Hall–Kier alpha value is -0.540. The topological polar surface area (TPSA) is 43.8 Å². The van der Waals surface area contributed by atoms with Crippen LogP contribution in [-0.2, 0) is 6.54 Å². The molecule has 1 aliphatic carbocycles. The van der Waals surface area contributed by atoms with Gasteiger partial charge in [0.2, 0.25) is 0 Å². The van der Waals surface area contributed by atoms with Gasteiger partial charge >= 0.3 is 0 Å². The Bertz CT molecular complexity index is 375. The number of nitrogens with zero attached hydrogens (tertiary/aromatic N) is 2. The fourth-order valence-corrected chi connectivity index (χ4v) is 3.13. The van der Waals surface area contributed by atoms with Crippen molar-refractivity contribution < 1.29 is 0 Å². The van der Waals surface area contributed by atoms with Gasteiger partial charge in [0, 0.05) is 18.5 Å². The summed E-state index contributed by atoms with van der Waals surface area (Å²) in [6, 6.07) is 0.232. The van der Waals surface area contributed by atoms with E-state index in [2.05, 4.69) is 18.9 Å². The lowest BCUT2D eigenvalue weighted by molar-refractivity contribution is 0.294. The predicted octanol–water partition coefficient (Wildman–Crippen LogP) is 3.18. The molecule has 0 aromatic carbocycles. The Morgan fingerprint density at radius 1 is 1.53 bits per heavy atom. The van der Waals surface area contributed by atoms with Crippen LogP contribution in [0.2, 0.25) is 5.02 Å². The maximum absolute atomic E-state index is 6.29. The van der Waals surface area contributed by atoms with Gasteiger partial charge in [-0.25, -0.2) is 0 Å². The molecule has 2 N–H and O–H groups in total. The first-order valence-electron chi connectivity index (χ1n) is 6.60. The van der Waals surface area contributed by atoms with Gasteiger partial charge in [-0.3, -0.25) is 4.68 Å². The van der Waals surface area contributed by atoms with E-state index in [9.17, 15) is 0 Å². The summed E-state index contributed by atoms with van der Waals surface area (Å²) in [4.78, 5) is 0. The third-order valence-corrected chi connectivity index (χ3v) is 4.08. The number of hydrogen-bond donors (Lipinski definition) is 1. The Labute approximate surface area is 108 Å². The monoisotopic (exact) mass is 255 g/mol. The molecule has 3 nitrogen and oxygen atoms in total. The minimum Gasteiger partial charge on any atom is -0.327 e. The van der Waals surface area contributed by atoms with Crippen molar-refractivity contribution in [3.8, 4) is 0 Å². The number of aryl methyl sites for hydroxylation is 1. The van der Waals surface area contributed by atoms with Crippen LogP contribution < -0.4 is 5.73 Å². The zero-order valence-electron chi connectivity index (χ0n) is 10.7. The molecule has 3 unspecified atom stereocenters. The van der Waals surface area contributed by atoms with Gasteiger partial charge in [-0.05, 0) is 31.6 Å². The van der Waals surface area contributed by atoms with Crippen LogP contribution in [0.4, 0.5) is 0 Å². The lowest BCUT2D eigenvalue weighted by atomic mass is 9.77. The van der Waals surface area contributed by atoms with E-state index in [-0.39, 0.29) is 6.04 Å². The van der Waals surface area contributed by atoms with E-state index in [0.717, 1.165) is 42.4 Å². The molecule has 3 atom stereocenters. The molecule has 0 radical (unpaired) electrons. The first-order valence-corrected chi connectivity index (χ1v) is 6.98. The molecule has 1 saturated carbocycles. The molecule has 1 heterocycles. The van der Waals surface area contributed by atoms with Crippen molar-refractivity contribution in [2.45, 2.75) is 58.0 Å². The summed E-state index contributed by atoms with van der Waals surface area (Å²) >= 11 is 6.29. The molecule has 0 bridgehead atoms. The number of nitrogens with two attached hydrogens (primary N) is 1. The molecule has 0 spiro atoms. The zero-order valence-corrected chi connectivity index (χ0v) is 11.5. The third-order valence-electron chi connectivity index (χ3n) is 3.79. The Morgan fingerprint density at radius 2 is 2.29 bits per heavy atom. The lowest BCUT2D eigenvalue weighted by Gasteiger charge is -2.33. The number of rotatable bonds is 3. The van der Waals surface area contributed by atoms with Gasteiger partial charge in [0.25, 0.3) is 0 Å². The first-order chi connectivity index (χ1) is 8.13. The third kappa shape index (κ3) is 2.66. The molecule has 96 valence electrons. The smallest absolute Gasteiger partial charge is 0.0821 e.